The van der Waals surface area contributed by atoms with E-state index in [-0.39, 0.29) is 0 Å². The summed E-state index contributed by atoms with van der Waals surface area (Å²) in [6.07, 6.45) is 4.25. The Morgan fingerprint density at radius 1 is 1.19 bits per heavy atom. The highest BCUT2D eigenvalue weighted by molar-refractivity contribution is 6.31. The van der Waals surface area contributed by atoms with E-state index < -0.39 is 0 Å². The molecule has 2 N–H and O–H groups in total. The molecule has 0 aliphatic heterocycles. The van der Waals surface area contributed by atoms with Crippen molar-refractivity contribution in [1.29, 1.82) is 0 Å². The third kappa shape index (κ3) is 4.34. The third-order valence-corrected chi connectivity index (χ3v) is 3.31. The average Bonchev–Trinajstić information content (AvgIpc) is 2.52. The van der Waals surface area contributed by atoms with Crippen molar-refractivity contribution in [1.82, 2.24) is 4.98 Å². The first-order valence-electron chi connectivity index (χ1n) is 6.91. The van der Waals surface area contributed by atoms with Crippen LogP contribution in [0.4, 0.5) is 0 Å². The molecule has 4 nitrogen and oxygen atoms in total. The third-order valence-electron chi connectivity index (χ3n) is 2.97. The lowest BCUT2D eigenvalue weighted by molar-refractivity contribution is 0.292. The Morgan fingerprint density at radius 3 is 2.76 bits per heavy atom. The highest BCUT2D eigenvalue weighted by atomic mass is 35.5. The summed E-state index contributed by atoms with van der Waals surface area (Å²) in [5.74, 6) is 1.50. The summed E-state index contributed by atoms with van der Waals surface area (Å²) in [6, 6.07) is 7.54. The van der Waals surface area contributed by atoms with Gasteiger partial charge in [-0.15, -0.1) is 0 Å². The molecule has 0 saturated heterocycles. The SMILES string of the molecule is CCCOc1ccc(CN)c(OCc2ccncc2Cl)c1. The molecule has 2 rings (SSSR count). The first kappa shape index (κ1) is 15.6. The lowest BCUT2D eigenvalue weighted by Crippen LogP contribution is -2.04. The number of ether oxygens (including phenoxy) is 2. The zero-order valence-electron chi connectivity index (χ0n) is 12.0. The summed E-state index contributed by atoms with van der Waals surface area (Å²) in [5, 5.41) is 0.588. The van der Waals surface area contributed by atoms with Crippen molar-refractivity contribution in [2.24, 2.45) is 5.73 Å². The fourth-order valence-corrected chi connectivity index (χ4v) is 2.00. The Bertz CT molecular complexity index is 590. The fraction of sp³-hybridized carbons (Fsp3) is 0.312. The van der Waals surface area contributed by atoms with E-state index >= 15 is 0 Å². The van der Waals surface area contributed by atoms with Crippen molar-refractivity contribution < 1.29 is 9.47 Å². The van der Waals surface area contributed by atoms with Gasteiger partial charge in [0.25, 0.3) is 0 Å². The van der Waals surface area contributed by atoms with Crippen LogP contribution in [-0.2, 0) is 13.2 Å². The van der Waals surface area contributed by atoms with Crippen LogP contribution >= 0.6 is 11.6 Å². The largest absolute Gasteiger partial charge is 0.493 e. The normalized spacial score (nSPS) is 10.4. The van der Waals surface area contributed by atoms with Gasteiger partial charge in [-0.1, -0.05) is 24.6 Å². The van der Waals surface area contributed by atoms with Crippen LogP contribution < -0.4 is 15.2 Å². The Kier molecular flexibility index (Phi) is 5.84. The molecule has 0 fully saturated rings. The van der Waals surface area contributed by atoms with Gasteiger partial charge in [0.05, 0.1) is 11.6 Å². The molecule has 0 saturated carbocycles. The van der Waals surface area contributed by atoms with Gasteiger partial charge in [0.15, 0.2) is 0 Å². The van der Waals surface area contributed by atoms with Crippen LogP contribution in [0.15, 0.2) is 36.7 Å². The molecule has 0 spiro atoms. The molecule has 21 heavy (non-hydrogen) atoms. The summed E-state index contributed by atoms with van der Waals surface area (Å²) in [5.41, 5.74) is 7.56. The maximum absolute atomic E-state index is 6.07. The number of pyridine rings is 1. The second kappa shape index (κ2) is 7.86. The predicted molar refractivity (Wildman–Crippen MR) is 83.7 cm³/mol. The van der Waals surface area contributed by atoms with E-state index in [4.69, 9.17) is 26.8 Å². The van der Waals surface area contributed by atoms with Crippen LogP contribution in [-0.4, -0.2) is 11.6 Å². The highest BCUT2D eigenvalue weighted by Crippen LogP contribution is 2.26. The van der Waals surface area contributed by atoms with Crippen molar-refractivity contribution in [3.8, 4) is 11.5 Å². The number of hydrogen-bond acceptors (Lipinski definition) is 4. The van der Waals surface area contributed by atoms with E-state index in [9.17, 15) is 0 Å². The van der Waals surface area contributed by atoms with E-state index in [1.165, 1.54) is 0 Å². The summed E-state index contributed by atoms with van der Waals surface area (Å²) < 4.78 is 11.5. The molecule has 0 radical (unpaired) electrons. The van der Waals surface area contributed by atoms with Crippen LogP contribution in [0, 0.1) is 0 Å². The van der Waals surface area contributed by atoms with Crippen LogP contribution in [0.1, 0.15) is 24.5 Å². The van der Waals surface area contributed by atoms with E-state index in [1.807, 2.05) is 24.3 Å². The van der Waals surface area contributed by atoms with Gasteiger partial charge in [-0.2, -0.15) is 0 Å². The van der Waals surface area contributed by atoms with Gasteiger partial charge >= 0.3 is 0 Å². The molecule has 5 heteroatoms. The minimum Gasteiger partial charge on any atom is -0.493 e. The molecule has 2 aromatic rings. The average molecular weight is 307 g/mol. The van der Waals surface area contributed by atoms with E-state index in [0.29, 0.717) is 24.8 Å². The predicted octanol–water partition coefficient (Wildman–Crippen LogP) is 3.56. The Morgan fingerprint density at radius 2 is 2.05 bits per heavy atom. The topological polar surface area (TPSA) is 57.4 Å². The fourth-order valence-electron chi connectivity index (χ4n) is 1.82. The molecule has 112 valence electrons. The number of nitrogens with zero attached hydrogens (tertiary/aromatic N) is 1. The number of nitrogens with two attached hydrogens (primary N) is 1. The summed E-state index contributed by atoms with van der Waals surface area (Å²) in [6.45, 7) is 3.52. The molecular weight excluding hydrogens is 288 g/mol. The summed E-state index contributed by atoms with van der Waals surface area (Å²) in [4.78, 5) is 3.95. The van der Waals surface area contributed by atoms with Crippen LogP contribution in [0.25, 0.3) is 0 Å². The number of benzene rings is 1. The molecule has 0 amide bonds. The van der Waals surface area contributed by atoms with Crippen LogP contribution in [0.3, 0.4) is 0 Å². The van der Waals surface area contributed by atoms with Gasteiger partial charge in [-0.05, 0) is 18.6 Å². The van der Waals surface area contributed by atoms with Crippen molar-refractivity contribution in [2.45, 2.75) is 26.5 Å². The lowest BCUT2D eigenvalue weighted by Gasteiger charge is -2.13. The first-order chi connectivity index (χ1) is 10.2. The maximum Gasteiger partial charge on any atom is 0.127 e. The van der Waals surface area contributed by atoms with Crippen LogP contribution in [0.2, 0.25) is 5.02 Å². The van der Waals surface area contributed by atoms with Gasteiger partial charge in [-0.3, -0.25) is 4.98 Å². The minimum atomic E-state index is 0.367. The Hall–Kier alpha value is -1.78. The van der Waals surface area contributed by atoms with Crippen molar-refractivity contribution in [2.75, 3.05) is 6.61 Å². The van der Waals surface area contributed by atoms with Gasteiger partial charge < -0.3 is 15.2 Å². The Balaban J connectivity index is 2.12. The standard InChI is InChI=1S/C16H19ClN2O2/c1-2-7-20-14-4-3-12(9-18)16(8-14)21-11-13-5-6-19-10-15(13)17/h3-6,8,10H,2,7,9,11,18H2,1H3. The Labute approximate surface area is 129 Å². The van der Waals surface area contributed by atoms with Crippen molar-refractivity contribution >= 4 is 11.6 Å². The zero-order valence-corrected chi connectivity index (χ0v) is 12.8. The van der Waals surface area contributed by atoms with E-state index in [2.05, 4.69) is 11.9 Å². The number of hydrogen-bond donors (Lipinski definition) is 1. The van der Waals surface area contributed by atoms with Gasteiger partial charge in [0.2, 0.25) is 0 Å². The number of aromatic nitrogens is 1. The zero-order chi connectivity index (χ0) is 15.1. The molecule has 0 bridgehead atoms. The molecule has 0 unspecified atom stereocenters. The summed E-state index contributed by atoms with van der Waals surface area (Å²) in [7, 11) is 0. The molecule has 0 atom stereocenters. The molecule has 0 aliphatic carbocycles. The molecule has 1 aromatic carbocycles. The van der Waals surface area contributed by atoms with Crippen molar-refractivity contribution in [3.05, 3.63) is 52.8 Å². The van der Waals surface area contributed by atoms with E-state index in [1.54, 1.807) is 12.4 Å². The second-order valence-corrected chi connectivity index (χ2v) is 4.99. The van der Waals surface area contributed by atoms with E-state index in [0.717, 1.165) is 29.0 Å². The quantitative estimate of drug-likeness (QED) is 0.849. The molecular formula is C16H19ClN2O2. The van der Waals surface area contributed by atoms with Gasteiger partial charge in [-0.25, -0.2) is 0 Å². The second-order valence-electron chi connectivity index (χ2n) is 4.58. The van der Waals surface area contributed by atoms with Gasteiger partial charge in [0, 0.05) is 36.1 Å². The highest BCUT2D eigenvalue weighted by Gasteiger charge is 2.07. The molecule has 1 aromatic heterocycles. The number of rotatable bonds is 7. The monoisotopic (exact) mass is 306 g/mol. The van der Waals surface area contributed by atoms with Crippen molar-refractivity contribution in [3.63, 3.8) is 0 Å². The number of halogens is 1. The summed E-state index contributed by atoms with van der Waals surface area (Å²) >= 11 is 6.07. The van der Waals surface area contributed by atoms with Crippen LogP contribution in [0.5, 0.6) is 11.5 Å². The molecule has 1 heterocycles. The maximum atomic E-state index is 6.07. The van der Waals surface area contributed by atoms with Gasteiger partial charge in [0.1, 0.15) is 18.1 Å². The lowest BCUT2D eigenvalue weighted by atomic mass is 10.2. The smallest absolute Gasteiger partial charge is 0.127 e. The minimum absolute atomic E-state index is 0.367. The molecule has 0 aliphatic rings. The first-order valence-corrected chi connectivity index (χ1v) is 7.29.